The smallest absolute Gasteiger partial charge is 0.399 e. The van der Waals surface area contributed by atoms with E-state index >= 15 is 0 Å². The molecule has 1 fully saturated rings. The Bertz CT molecular complexity index is 710. The van der Waals surface area contributed by atoms with Gasteiger partial charge in [-0.25, -0.2) is 9.59 Å². The third-order valence-corrected chi connectivity index (χ3v) is 3.39. The Morgan fingerprint density at radius 3 is 2.83 bits per heavy atom. The summed E-state index contributed by atoms with van der Waals surface area (Å²) in [5.74, 6) is 0.130. The van der Waals surface area contributed by atoms with E-state index in [0.29, 0.717) is 29.1 Å². The summed E-state index contributed by atoms with van der Waals surface area (Å²) in [5, 5.41) is 0.366. The first-order valence-electron chi connectivity index (χ1n) is 6.08. The first kappa shape index (κ1) is 11.1. The molecular formula is C13H14N2O3. The van der Waals surface area contributed by atoms with Crippen LogP contribution in [0.4, 0.5) is 5.69 Å². The second-order valence-electron chi connectivity index (χ2n) is 4.82. The van der Waals surface area contributed by atoms with Gasteiger partial charge in [0.05, 0.1) is 10.9 Å². The number of nitrogens with two attached hydrogens (primary N) is 1. The molecule has 0 amide bonds. The molecule has 0 bridgehead atoms. The van der Waals surface area contributed by atoms with Crippen LogP contribution in [0.5, 0.6) is 0 Å². The van der Waals surface area contributed by atoms with Crippen LogP contribution >= 0.6 is 0 Å². The fourth-order valence-electron chi connectivity index (χ4n) is 2.17. The lowest BCUT2D eigenvalue weighted by Crippen LogP contribution is -2.25. The predicted octanol–water partition coefficient (Wildman–Crippen LogP) is 1.34. The van der Waals surface area contributed by atoms with Crippen LogP contribution in [0, 0.1) is 5.92 Å². The number of fused-ring (bicyclic) bond motifs is 1. The summed E-state index contributed by atoms with van der Waals surface area (Å²) >= 11 is 0. The van der Waals surface area contributed by atoms with Crippen molar-refractivity contribution < 1.29 is 4.42 Å². The van der Waals surface area contributed by atoms with Crippen LogP contribution in [0.25, 0.3) is 10.9 Å². The third kappa shape index (κ3) is 1.92. The zero-order chi connectivity index (χ0) is 12.7. The molecule has 0 atom stereocenters. The minimum absolute atomic E-state index is 0.366. The molecule has 0 spiro atoms. The van der Waals surface area contributed by atoms with Crippen molar-refractivity contribution >= 4 is 16.6 Å². The summed E-state index contributed by atoms with van der Waals surface area (Å²) in [6.45, 7) is 0.591. The van der Waals surface area contributed by atoms with Gasteiger partial charge in [0, 0.05) is 12.2 Å². The number of aryl methyl sites for hydroxylation is 1. The molecule has 18 heavy (non-hydrogen) atoms. The average molecular weight is 246 g/mol. The highest BCUT2D eigenvalue weighted by molar-refractivity contribution is 5.80. The highest BCUT2D eigenvalue weighted by atomic mass is 16.4. The Labute approximate surface area is 103 Å². The van der Waals surface area contributed by atoms with Crippen LogP contribution < -0.4 is 17.1 Å². The van der Waals surface area contributed by atoms with Gasteiger partial charge in [-0.05, 0) is 30.5 Å². The lowest BCUT2D eigenvalue weighted by atomic mass is 10.2. The van der Waals surface area contributed by atoms with Gasteiger partial charge in [0.2, 0.25) is 0 Å². The zero-order valence-electron chi connectivity index (χ0n) is 9.89. The molecule has 1 heterocycles. The van der Waals surface area contributed by atoms with E-state index in [0.717, 1.165) is 6.42 Å². The van der Waals surface area contributed by atoms with Crippen molar-refractivity contribution in [2.75, 3.05) is 5.73 Å². The maximum atomic E-state index is 11.7. The van der Waals surface area contributed by atoms with E-state index < -0.39 is 11.4 Å². The van der Waals surface area contributed by atoms with E-state index in [4.69, 9.17) is 10.2 Å². The molecule has 1 aromatic carbocycles. The molecule has 3 rings (SSSR count). The van der Waals surface area contributed by atoms with Crippen molar-refractivity contribution in [2.24, 2.45) is 5.92 Å². The normalized spacial score (nSPS) is 15.1. The second kappa shape index (κ2) is 4.01. The summed E-state index contributed by atoms with van der Waals surface area (Å²) in [6.07, 6.45) is 3.42. The van der Waals surface area contributed by atoms with Crippen LogP contribution in [-0.4, -0.2) is 4.57 Å². The molecule has 0 radical (unpaired) electrons. The highest BCUT2D eigenvalue weighted by Gasteiger charge is 2.21. The number of anilines is 1. The Morgan fingerprint density at radius 1 is 1.33 bits per heavy atom. The molecule has 0 unspecified atom stereocenters. The molecule has 0 aliphatic heterocycles. The quantitative estimate of drug-likeness (QED) is 0.829. The van der Waals surface area contributed by atoms with Gasteiger partial charge in [-0.15, -0.1) is 0 Å². The zero-order valence-corrected chi connectivity index (χ0v) is 9.89. The number of aromatic nitrogens is 1. The van der Waals surface area contributed by atoms with Crippen molar-refractivity contribution in [1.82, 2.24) is 4.57 Å². The molecule has 2 aromatic rings. The monoisotopic (exact) mass is 246 g/mol. The van der Waals surface area contributed by atoms with Gasteiger partial charge in [0.15, 0.2) is 0 Å². The lowest BCUT2D eigenvalue weighted by molar-refractivity contribution is 0.408. The summed E-state index contributed by atoms with van der Waals surface area (Å²) in [5.41, 5.74) is 6.12. The van der Waals surface area contributed by atoms with Gasteiger partial charge < -0.3 is 10.2 Å². The predicted molar refractivity (Wildman–Crippen MR) is 68.5 cm³/mol. The molecule has 1 saturated carbocycles. The Hall–Kier alpha value is -2.04. The summed E-state index contributed by atoms with van der Waals surface area (Å²) in [4.78, 5) is 23.4. The van der Waals surface area contributed by atoms with Crippen LogP contribution in [0.3, 0.4) is 0 Å². The molecule has 1 aliphatic carbocycles. The molecule has 0 saturated heterocycles. The van der Waals surface area contributed by atoms with E-state index in [9.17, 15) is 9.59 Å². The fourth-order valence-corrected chi connectivity index (χ4v) is 2.17. The Morgan fingerprint density at radius 2 is 2.11 bits per heavy atom. The number of hydrogen-bond acceptors (Lipinski definition) is 4. The number of benzene rings is 1. The maximum absolute atomic E-state index is 11.7. The molecule has 1 aromatic heterocycles. The van der Waals surface area contributed by atoms with Crippen molar-refractivity contribution in [3.63, 3.8) is 0 Å². The van der Waals surface area contributed by atoms with Crippen molar-refractivity contribution in [3.05, 3.63) is 39.2 Å². The van der Waals surface area contributed by atoms with E-state index in [1.165, 1.54) is 17.4 Å². The molecule has 94 valence electrons. The van der Waals surface area contributed by atoms with E-state index in [2.05, 4.69) is 0 Å². The lowest BCUT2D eigenvalue weighted by Gasteiger charge is -2.08. The van der Waals surface area contributed by atoms with E-state index in [1.807, 2.05) is 0 Å². The summed E-state index contributed by atoms with van der Waals surface area (Å²) in [7, 11) is 0. The summed E-state index contributed by atoms with van der Waals surface area (Å²) in [6, 6.07) is 4.94. The summed E-state index contributed by atoms with van der Waals surface area (Å²) < 4.78 is 6.25. The SMILES string of the molecule is Nc1ccc2c(c1)c(=O)oc(=O)n2CCC1CC1. The third-order valence-electron chi connectivity index (χ3n) is 3.39. The van der Waals surface area contributed by atoms with E-state index in [-0.39, 0.29) is 0 Å². The van der Waals surface area contributed by atoms with Crippen molar-refractivity contribution in [2.45, 2.75) is 25.8 Å². The first-order chi connectivity index (χ1) is 8.65. The first-order valence-corrected chi connectivity index (χ1v) is 6.08. The van der Waals surface area contributed by atoms with Crippen molar-refractivity contribution in [1.29, 1.82) is 0 Å². The van der Waals surface area contributed by atoms with Gasteiger partial charge in [-0.2, -0.15) is 0 Å². The standard InChI is InChI=1S/C13H14N2O3/c14-9-3-4-11-10(7-9)12(16)18-13(17)15(11)6-5-8-1-2-8/h3-4,7-8H,1-2,5-6,14H2. The Kier molecular flexibility index (Phi) is 2.47. The minimum atomic E-state index is -0.620. The highest BCUT2D eigenvalue weighted by Crippen LogP contribution is 2.32. The van der Waals surface area contributed by atoms with E-state index in [1.54, 1.807) is 18.2 Å². The van der Waals surface area contributed by atoms with Gasteiger partial charge in [-0.1, -0.05) is 12.8 Å². The Balaban J connectivity index is 2.15. The van der Waals surface area contributed by atoms with Gasteiger partial charge >= 0.3 is 11.4 Å². The largest absolute Gasteiger partial charge is 0.422 e. The number of nitrogen functional groups attached to an aromatic ring is 1. The molecule has 5 nitrogen and oxygen atoms in total. The van der Waals surface area contributed by atoms with Crippen LogP contribution in [0.2, 0.25) is 0 Å². The van der Waals surface area contributed by atoms with Crippen LogP contribution in [-0.2, 0) is 6.54 Å². The molecule has 2 N–H and O–H groups in total. The van der Waals surface area contributed by atoms with Gasteiger partial charge in [0.25, 0.3) is 0 Å². The van der Waals surface area contributed by atoms with Crippen LogP contribution in [0.15, 0.2) is 32.2 Å². The number of nitrogens with zero attached hydrogens (tertiary/aromatic N) is 1. The van der Waals surface area contributed by atoms with Crippen LogP contribution in [0.1, 0.15) is 19.3 Å². The average Bonchev–Trinajstić information content (AvgIpc) is 3.13. The topological polar surface area (TPSA) is 78.2 Å². The van der Waals surface area contributed by atoms with Gasteiger partial charge in [-0.3, -0.25) is 4.57 Å². The minimum Gasteiger partial charge on any atom is -0.399 e. The molecular weight excluding hydrogens is 232 g/mol. The fraction of sp³-hybridized carbons (Fsp3) is 0.385. The molecule has 5 heteroatoms. The number of hydrogen-bond donors (Lipinski definition) is 1. The second-order valence-corrected chi connectivity index (χ2v) is 4.82. The number of rotatable bonds is 3. The van der Waals surface area contributed by atoms with Gasteiger partial charge in [0.1, 0.15) is 0 Å². The van der Waals surface area contributed by atoms with Crippen molar-refractivity contribution in [3.8, 4) is 0 Å². The maximum Gasteiger partial charge on any atom is 0.422 e. The molecule has 1 aliphatic rings.